The summed E-state index contributed by atoms with van der Waals surface area (Å²) in [4.78, 5) is 21.7. The van der Waals surface area contributed by atoms with Crippen molar-refractivity contribution in [1.82, 2.24) is 4.31 Å². The minimum absolute atomic E-state index is 0.103. The fourth-order valence-corrected chi connectivity index (χ4v) is 3.03. The minimum atomic E-state index is -3.50. The number of benzene rings is 2. The molecule has 2 aromatic carbocycles. The number of nitriles is 1. The molecule has 27 heavy (non-hydrogen) atoms. The van der Waals surface area contributed by atoms with Crippen LogP contribution in [0.15, 0.2) is 48.5 Å². The average molecular weight is 387 g/mol. The van der Waals surface area contributed by atoms with E-state index in [1.807, 2.05) is 6.07 Å². The predicted octanol–water partition coefficient (Wildman–Crippen LogP) is 1.54. The van der Waals surface area contributed by atoms with Crippen molar-refractivity contribution in [1.29, 1.82) is 5.26 Å². The summed E-state index contributed by atoms with van der Waals surface area (Å²) in [6.07, 6.45) is 1.11. The van der Waals surface area contributed by atoms with Gasteiger partial charge in [-0.15, -0.1) is 0 Å². The van der Waals surface area contributed by atoms with Crippen LogP contribution in [-0.4, -0.2) is 36.0 Å². The average Bonchev–Trinajstić information content (AvgIpc) is 2.62. The van der Waals surface area contributed by atoms with Crippen molar-refractivity contribution in [3.63, 3.8) is 0 Å². The van der Waals surface area contributed by atoms with Gasteiger partial charge >= 0.3 is 11.9 Å². The van der Waals surface area contributed by atoms with Crippen LogP contribution in [0, 0.1) is 11.3 Å². The molecule has 0 fully saturated rings. The van der Waals surface area contributed by atoms with Gasteiger partial charge in [0.15, 0.2) is 0 Å². The normalized spacial score (nSPS) is 11.0. The van der Waals surface area contributed by atoms with Crippen molar-refractivity contribution in [2.45, 2.75) is 13.1 Å². The van der Waals surface area contributed by atoms with E-state index >= 15 is 0 Å². The number of carbonyl (C=O) groups excluding carboxylic acids is 1. The fourth-order valence-electron chi connectivity index (χ4n) is 2.26. The quantitative estimate of drug-likeness (QED) is 0.724. The highest BCUT2D eigenvalue weighted by atomic mass is 32.2. The number of hydrogen-bond donors (Lipinski definition) is 2. The first-order valence-corrected chi connectivity index (χ1v) is 9.61. The molecule has 0 aromatic heterocycles. The van der Waals surface area contributed by atoms with E-state index in [-0.39, 0.29) is 13.1 Å². The lowest BCUT2D eigenvalue weighted by atomic mass is 10.1. The van der Waals surface area contributed by atoms with E-state index in [9.17, 15) is 18.0 Å². The van der Waals surface area contributed by atoms with Crippen LogP contribution in [0.5, 0.6) is 0 Å². The number of rotatable bonds is 6. The Labute approximate surface area is 156 Å². The number of sulfonamides is 1. The second-order valence-corrected chi connectivity index (χ2v) is 7.78. The Morgan fingerprint density at radius 2 is 1.52 bits per heavy atom. The van der Waals surface area contributed by atoms with Crippen molar-refractivity contribution in [2.75, 3.05) is 11.6 Å². The lowest BCUT2D eigenvalue weighted by molar-refractivity contribution is -0.147. The molecule has 9 heteroatoms. The maximum absolute atomic E-state index is 12.1. The van der Waals surface area contributed by atoms with Crippen LogP contribution in [0.1, 0.15) is 16.7 Å². The van der Waals surface area contributed by atoms with E-state index in [2.05, 4.69) is 5.32 Å². The molecule has 0 unspecified atom stereocenters. The summed E-state index contributed by atoms with van der Waals surface area (Å²) in [5, 5.41) is 19.6. The fraction of sp³-hybridized carbons (Fsp3) is 0.167. The van der Waals surface area contributed by atoms with Gasteiger partial charge in [0.2, 0.25) is 10.0 Å². The Balaban J connectivity index is 2.13. The molecular weight excluding hydrogens is 370 g/mol. The molecule has 0 saturated heterocycles. The third-order valence-corrected chi connectivity index (χ3v) is 4.87. The van der Waals surface area contributed by atoms with Crippen LogP contribution in [0.4, 0.5) is 5.69 Å². The molecule has 140 valence electrons. The first kappa shape index (κ1) is 20.1. The largest absolute Gasteiger partial charge is 0.474 e. The van der Waals surface area contributed by atoms with E-state index in [0.717, 1.165) is 11.8 Å². The summed E-state index contributed by atoms with van der Waals surface area (Å²) in [5.41, 5.74) is 2.19. The van der Waals surface area contributed by atoms with Gasteiger partial charge in [-0.05, 0) is 35.4 Å². The number of nitrogens with one attached hydrogen (secondary N) is 1. The van der Waals surface area contributed by atoms with Crippen LogP contribution >= 0.6 is 0 Å². The standard InChI is InChI=1S/C18H17N3O5S/c1-27(25,26)21(11-14-4-2-13(10-19)3-5-14)12-15-6-8-16(9-7-15)20-17(22)18(23)24/h2-9H,11-12H2,1H3,(H,20,22)(H,23,24). The Bertz CT molecular complexity index is 977. The monoisotopic (exact) mass is 387 g/mol. The number of carboxylic acids is 1. The zero-order valence-electron chi connectivity index (χ0n) is 14.4. The Hall–Kier alpha value is -3.22. The summed E-state index contributed by atoms with van der Waals surface area (Å²) >= 11 is 0. The second kappa shape index (κ2) is 8.44. The summed E-state index contributed by atoms with van der Waals surface area (Å²) in [7, 11) is -3.50. The molecule has 2 N–H and O–H groups in total. The molecule has 2 aromatic rings. The van der Waals surface area contributed by atoms with Crippen molar-refractivity contribution in [3.8, 4) is 6.07 Å². The summed E-state index contributed by atoms with van der Waals surface area (Å²) in [6, 6.07) is 14.8. The second-order valence-electron chi connectivity index (χ2n) is 5.80. The maximum atomic E-state index is 12.1. The molecule has 0 aliphatic heterocycles. The molecule has 0 aliphatic rings. The van der Waals surface area contributed by atoms with E-state index < -0.39 is 21.9 Å². The zero-order chi connectivity index (χ0) is 20.0. The summed E-state index contributed by atoms with van der Waals surface area (Å²) in [5.74, 6) is -2.74. The van der Waals surface area contributed by atoms with Crippen molar-refractivity contribution >= 4 is 27.6 Å². The van der Waals surface area contributed by atoms with Gasteiger partial charge < -0.3 is 10.4 Å². The van der Waals surface area contributed by atoms with Crippen molar-refractivity contribution in [3.05, 3.63) is 65.2 Å². The van der Waals surface area contributed by atoms with E-state index in [1.165, 1.54) is 16.4 Å². The molecule has 1 amide bonds. The van der Waals surface area contributed by atoms with Gasteiger partial charge in [0, 0.05) is 18.8 Å². The number of amides is 1. The van der Waals surface area contributed by atoms with E-state index in [1.54, 1.807) is 36.4 Å². The first-order valence-electron chi connectivity index (χ1n) is 7.76. The molecule has 0 aliphatic carbocycles. The van der Waals surface area contributed by atoms with Gasteiger partial charge in [-0.3, -0.25) is 4.79 Å². The topological polar surface area (TPSA) is 128 Å². The highest BCUT2D eigenvalue weighted by Crippen LogP contribution is 2.16. The smallest absolute Gasteiger partial charge is 0.394 e. The molecule has 0 spiro atoms. The molecule has 0 bridgehead atoms. The molecule has 8 nitrogen and oxygen atoms in total. The lowest BCUT2D eigenvalue weighted by Gasteiger charge is -2.20. The van der Waals surface area contributed by atoms with Crippen LogP contribution in [0.3, 0.4) is 0 Å². The van der Waals surface area contributed by atoms with Gasteiger partial charge in [-0.25, -0.2) is 13.2 Å². The molecule has 0 atom stereocenters. The molecule has 0 radical (unpaired) electrons. The Kier molecular flexibility index (Phi) is 6.28. The predicted molar refractivity (Wildman–Crippen MR) is 98.0 cm³/mol. The highest BCUT2D eigenvalue weighted by molar-refractivity contribution is 7.88. The number of nitrogens with zero attached hydrogens (tertiary/aromatic N) is 2. The maximum Gasteiger partial charge on any atom is 0.394 e. The third-order valence-electron chi connectivity index (χ3n) is 3.68. The summed E-state index contributed by atoms with van der Waals surface area (Å²) in [6.45, 7) is 0.244. The van der Waals surface area contributed by atoms with E-state index in [0.29, 0.717) is 16.8 Å². The van der Waals surface area contributed by atoms with Crippen LogP contribution in [0.2, 0.25) is 0 Å². The zero-order valence-corrected chi connectivity index (χ0v) is 15.2. The van der Waals surface area contributed by atoms with Gasteiger partial charge in [0.05, 0.1) is 17.9 Å². The Morgan fingerprint density at radius 3 is 1.93 bits per heavy atom. The minimum Gasteiger partial charge on any atom is -0.474 e. The number of carboxylic acid groups (broad SMARTS) is 1. The van der Waals surface area contributed by atoms with Gasteiger partial charge in [-0.2, -0.15) is 9.57 Å². The number of anilines is 1. The summed E-state index contributed by atoms with van der Waals surface area (Å²) < 4.78 is 25.5. The van der Waals surface area contributed by atoms with Crippen molar-refractivity contribution < 1.29 is 23.1 Å². The lowest BCUT2D eigenvalue weighted by Crippen LogP contribution is -2.29. The van der Waals surface area contributed by atoms with Gasteiger partial charge in [0.25, 0.3) is 0 Å². The van der Waals surface area contributed by atoms with Crippen LogP contribution in [-0.2, 0) is 32.7 Å². The molecule has 0 saturated carbocycles. The van der Waals surface area contributed by atoms with Gasteiger partial charge in [-0.1, -0.05) is 24.3 Å². The highest BCUT2D eigenvalue weighted by Gasteiger charge is 2.18. The number of hydrogen-bond acceptors (Lipinski definition) is 5. The SMILES string of the molecule is CS(=O)(=O)N(Cc1ccc(C#N)cc1)Cc1ccc(NC(=O)C(=O)O)cc1. The van der Waals surface area contributed by atoms with Crippen LogP contribution in [0.25, 0.3) is 0 Å². The molecule has 2 rings (SSSR count). The Morgan fingerprint density at radius 1 is 1.04 bits per heavy atom. The van der Waals surface area contributed by atoms with Crippen LogP contribution < -0.4 is 5.32 Å². The number of aliphatic carboxylic acids is 1. The van der Waals surface area contributed by atoms with Crippen molar-refractivity contribution in [2.24, 2.45) is 0 Å². The third kappa shape index (κ3) is 5.91. The first-order chi connectivity index (χ1) is 12.7. The van der Waals surface area contributed by atoms with E-state index in [4.69, 9.17) is 10.4 Å². The molecule has 0 heterocycles. The molecular formula is C18H17N3O5S. The van der Waals surface area contributed by atoms with Gasteiger partial charge in [0.1, 0.15) is 0 Å². The number of carbonyl (C=O) groups is 2.